The Bertz CT molecular complexity index is 609. The summed E-state index contributed by atoms with van der Waals surface area (Å²) >= 11 is 1.24. The Morgan fingerprint density at radius 2 is 2.16 bits per heavy atom. The molecule has 5 heteroatoms. The maximum Gasteiger partial charge on any atom is 0.324 e. The van der Waals surface area contributed by atoms with E-state index in [0.717, 1.165) is 17.8 Å². The van der Waals surface area contributed by atoms with Gasteiger partial charge < -0.3 is 5.32 Å². The van der Waals surface area contributed by atoms with Crippen molar-refractivity contribution in [1.29, 1.82) is 0 Å². The van der Waals surface area contributed by atoms with Gasteiger partial charge in [0.15, 0.2) is 0 Å². The highest BCUT2D eigenvalue weighted by Crippen LogP contribution is 2.34. The molecule has 1 heterocycles. The van der Waals surface area contributed by atoms with Crippen LogP contribution in [0.15, 0.2) is 36.4 Å². The quantitative estimate of drug-likeness (QED) is 0.673. The van der Waals surface area contributed by atoms with Crippen molar-refractivity contribution in [3.8, 4) is 0 Å². The van der Waals surface area contributed by atoms with E-state index < -0.39 is 0 Å². The highest BCUT2D eigenvalue weighted by atomic mass is 32.1. The van der Waals surface area contributed by atoms with Gasteiger partial charge in [0, 0.05) is 30.0 Å². The van der Waals surface area contributed by atoms with Gasteiger partial charge in [-0.05, 0) is 23.6 Å². The molecule has 19 heavy (non-hydrogen) atoms. The molecule has 1 aliphatic carbocycles. The van der Waals surface area contributed by atoms with Crippen molar-refractivity contribution in [1.82, 2.24) is 5.32 Å². The number of fused-ring (bicyclic) bond motifs is 1. The van der Waals surface area contributed by atoms with Crippen LogP contribution in [0, 0.1) is 10.1 Å². The number of benzene rings is 1. The number of rotatable bonds is 5. The molecule has 0 bridgehead atoms. The van der Waals surface area contributed by atoms with E-state index in [-0.39, 0.29) is 9.92 Å². The van der Waals surface area contributed by atoms with Crippen LogP contribution in [0.25, 0.3) is 0 Å². The smallest absolute Gasteiger partial charge is 0.311 e. The van der Waals surface area contributed by atoms with Crippen molar-refractivity contribution < 1.29 is 4.92 Å². The van der Waals surface area contributed by atoms with Crippen LogP contribution in [-0.4, -0.2) is 11.5 Å². The summed E-state index contributed by atoms with van der Waals surface area (Å²) in [5.41, 5.74) is 2.88. The van der Waals surface area contributed by atoms with Crippen LogP contribution >= 0.6 is 11.3 Å². The molecule has 1 aliphatic rings. The van der Waals surface area contributed by atoms with Crippen LogP contribution in [0.4, 0.5) is 5.00 Å². The Kier molecular flexibility index (Phi) is 3.31. The van der Waals surface area contributed by atoms with E-state index in [2.05, 4.69) is 29.6 Å². The first kappa shape index (κ1) is 12.3. The van der Waals surface area contributed by atoms with Gasteiger partial charge in [0.25, 0.3) is 0 Å². The van der Waals surface area contributed by atoms with Gasteiger partial charge in [0.05, 0.1) is 4.92 Å². The second-order valence-corrected chi connectivity index (χ2v) is 5.87. The topological polar surface area (TPSA) is 55.2 Å². The van der Waals surface area contributed by atoms with E-state index in [4.69, 9.17) is 0 Å². The fourth-order valence-electron chi connectivity index (χ4n) is 2.47. The van der Waals surface area contributed by atoms with Crippen LogP contribution < -0.4 is 5.32 Å². The summed E-state index contributed by atoms with van der Waals surface area (Å²) in [5, 5.41) is 14.2. The molecular formula is C14H14N2O2S. The first-order chi connectivity index (χ1) is 9.24. The van der Waals surface area contributed by atoms with Gasteiger partial charge in [0.1, 0.15) is 0 Å². The zero-order chi connectivity index (χ0) is 13.2. The number of hydrogen-bond donors (Lipinski definition) is 1. The Balaban J connectivity index is 1.50. The van der Waals surface area contributed by atoms with Crippen molar-refractivity contribution in [2.45, 2.75) is 18.9 Å². The minimum atomic E-state index is -0.337. The molecule has 0 radical (unpaired) electrons. The van der Waals surface area contributed by atoms with Gasteiger partial charge in [-0.15, -0.1) is 0 Å². The van der Waals surface area contributed by atoms with Crippen molar-refractivity contribution in [2.24, 2.45) is 0 Å². The largest absolute Gasteiger partial charge is 0.324 e. The van der Waals surface area contributed by atoms with E-state index in [0.29, 0.717) is 12.5 Å². The Morgan fingerprint density at radius 3 is 2.89 bits per heavy atom. The van der Waals surface area contributed by atoms with Gasteiger partial charge in [0.2, 0.25) is 0 Å². The van der Waals surface area contributed by atoms with E-state index in [1.165, 1.54) is 22.5 Å². The van der Waals surface area contributed by atoms with Gasteiger partial charge in [-0.25, -0.2) is 0 Å². The van der Waals surface area contributed by atoms with Crippen molar-refractivity contribution in [3.63, 3.8) is 0 Å². The van der Waals surface area contributed by atoms with Gasteiger partial charge in [-0.1, -0.05) is 35.6 Å². The molecule has 1 aromatic carbocycles. The molecule has 1 N–H and O–H groups in total. The summed E-state index contributed by atoms with van der Waals surface area (Å²) in [7, 11) is 0. The number of nitrogens with zero attached hydrogens (tertiary/aromatic N) is 1. The van der Waals surface area contributed by atoms with Crippen molar-refractivity contribution >= 4 is 16.3 Å². The Labute approximate surface area is 115 Å². The molecule has 1 aromatic heterocycles. The van der Waals surface area contributed by atoms with Crippen LogP contribution in [0.2, 0.25) is 0 Å². The summed E-state index contributed by atoms with van der Waals surface area (Å²) in [6.45, 7) is 1.64. The molecule has 2 aromatic rings. The molecule has 1 atom stereocenters. The molecular weight excluding hydrogens is 260 g/mol. The third-order valence-electron chi connectivity index (χ3n) is 3.48. The summed E-state index contributed by atoms with van der Waals surface area (Å²) in [5.74, 6) is 0.589. The Morgan fingerprint density at radius 1 is 1.32 bits per heavy atom. The van der Waals surface area contributed by atoms with E-state index >= 15 is 0 Å². The molecule has 98 valence electrons. The first-order valence-electron chi connectivity index (χ1n) is 6.25. The zero-order valence-corrected chi connectivity index (χ0v) is 11.2. The third-order valence-corrected chi connectivity index (χ3v) is 4.52. The predicted octanol–water partition coefficient (Wildman–Crippen LogP) is 3.09. The van der Waals surface area contributed by atoms with Crippen LogP contribution in [0.3, 0.4) is 0 Å². The number of nitro groups is 1. The lowest BCUT2D eigenvalue weighted by atomic mass is 9.77. The van der Waals surface area contributed by atoms with E-state index in [1.807, 2.05) is 6.07 Å². The average Bonchev–Trinajstić information content (AvgIpc) is 2.84. The standard InChI is InChI=1S/C14H14N2O2S/c17-16(18)14-6-5-12(19-14)9-15-8-11-7-10-3-1-2-4-13(10)11/h1-6,11,15H,7-9H2. The normalized spacial score (nSPS) is 16.7. The minimum Gasteiger partial charge on any atom is -0.311 e. The molecule has 0 amide bonds. The summed E-state index contributed by atoms with van der Waals surface area (Å²) < 4.78 is 0. The summed E-state index contributed by atoms with van der Waals surface area (Å²) in [6.07, 6.45) is 1.13. The molecule has 4 nitrogen and oxygen atoms in total. The lowest BCUT2D eigenvalue weighted by Gasteiger charge is -2.30. The molecule has 0 aliphatic heterocycles. The lowest BCUT2D eigenvalue weighted by molar-refractivity contribution is -0.380. The number of nitrogens with one attached hydrogen (secondary N) is 1. The maximum atomic E-state index is 10.6. The van der Waals surface area contributed by atoms with Crippen molar-refractivity contribution in [3.05, 3.63) is 62.5 Å². The number of hydrogen-bond acceptors (Lipinski definition) is 4. The van der Waals surface area contributed by atoms with E-state index in [1.54, 1.807) is 6.07 Å². The minimum absolute atomic E-state index is 0.214. The first-order valence-corrected chi connectivity index (χ1v) is 7.07. The second kappa shape index (κ2) is 5.11. The van der Waals surface area contributed by atoms with Crippen LogP contribution in [-0.2, 0) is 13.0 Å². The fourth-order valence-corrected chi connectivity index (χ4v) is 3.26. The molecule has 1 unspecified atom stereocenters. The zero-order valence-electron chi connectivity index (χ0n) is 10.3. The maximum absolute atomic E-state index is 10.6. The third kappa shape index (κ3) is 2.52. The van der Waals surface area contributed by atoms with Gasteiger partial charge in [-0.3, -0.25) is 10.1 Å². The van der Waals surface area contributed by atoms with E-state index in [9.17, 15) is 10.1 Å². The predicted molar refractivity (Wildman–Crippen MR) is 75.6 cm³/mol. The molecule has 0 spiro atoms. The average molecular weight is 274 g/mol. The summed E-state index contributed by atoms with van der Waals surface area (Å²) in [6, 6.07) is 11.9. The molecule has 0 fully saturated rings. The fraction of sp³-hybridized carbons (Fsp3) is 0.286. The SMILES string of the molecule is O=[N+]([O-])c1ccc(CNCC2Cc3ccccc32)s1. The van der Waals surface area contributed by atoms with Gasteiger partial charge >= 0.3 is 5.00 Å². The second-order valence-electron chi connectivity index (χ2n) is 4.73. The van der Waals surface area contributed by atoms with Crippen LogP contribution in [0.1, 0.15) is 21.9 Å². The summed E-state index contributed by atoms with van der Waals surface area (Å²) in [4.78, 5) is 11.3. The highest BCUT2D eigenvalue weighted by molar-refractivity contribution is 7.15. The molecule has 3 rings (SSSR count). The van der Waals surface area contributed by atoms with Gasteiger partial charge in [-0.2, -0.15) is 0 Å². The highest BCUT2D eigenvalue weighted by Gasteiger charge is 2.24. The van der Waals surface area contributed by atoms with Crippen molar-refractivity contribution in [2.75, 3.05) is 6.54 Å². The molecule has 0 saturated heterocycles. The lowest BCUT2D eigenvalue weighted by Crippen LogP contribution is -2.28. The number of thiophene rings is 1. The molecule has 0 saturated carbocycles. The van der Waals surface area contributed by atoms with Crippen LogP contribution in [0.5, 0.6) is 0 Å². The Hall–Kier alpha value is -1.72. The monoisotopic (exact) mass is 274 g/mol.